The van der Waals surface area contributed by atoms with Gasteiger partial charge in [0.05, 0.1) is 0 Å². The molecule has 1 N–H and O–H groups in total. The topological polar surface area (TPSA) is 21.3 Å². The molecule has 2 nitrogen and oxygen atoms in total. The highest BCUT2D eigenvalue weighted by molar-refractivity contribution is 9.10. The third-order valence-corrected chi connectivity index (χ3v) is 4.47. The van der Waals surface area contributed by atoms with Gasteiger partial charge in [0, 0.05) is 22.5 Å². The summed E-state index contributed by atoms with van der Waals surface area (Å²) in [5.41, 5.74) is 1.31. The van der Waals surface area contributed by atoms with Crippen LogP contribution in [0.15, 0.2) is 22.7 Å². The maximum absolute atomic E-state index is 6.20. The average Bonchev–Trinajstić information content (AvgIpc) is 2.43. The molecule has 3 heteroatoms. The zero-order chi connectivity index (χ0) is 14.4. The van der Waals surface area contributed by atoms with Gasteiger partial charge < -0.3 is 10.1 Å². The Labute approximate surface area is 131 Å². The molecule has 0 amide bonds. The van der Waals surface area contributed by atoms with Crippen LogP contribution in [0.25, 0.3) is 0 Å². The molecule has 1 aliphatic rings. The molecule has 20 heavy (non-hydrogen) atoms. The van der Waals surface area contributed by atoms with E-state index < -0.39 is 0 Å². The molecule has 0 saturated heterocycles. The molecule has 1 aliphatic heterocycles. The van der Waals surface area contributed by atoms with Gasteiger partial charge in [-0.15, -0.1) is 0 Å². The van der Waals surface area contributed by atoms with Gasteiger partial charge in [-0.05, 0) is 31.5 Å². The van der Waals surface area contributed by atoms with E-state index in [1.165, 1.54) is 37.7 Å². The molecule has 1 aromatic rings. The summed E-state index contributed by atoms with van der Waals surface area (Å²) in [7, 11) is 0. The van der Waals surface area contributed by atoms with Crippen molar-refractivity contribution in [2.45, 2.75) is 64.5 Å². The maximum Gasteiger partial charge on any atom is 0.125 e. The Balaban J connectivity index is 2.01. The monoisotopic (exact) mass is 339 g/mol. The van der Waals surface area contributed by atoms with Crippen molar-refractivity contribution in [2.75, 3.05) is 6.54 Å². The van der Waals surface area contributed by atoms with E-state index in [2.05, 4.69) is 53.3 Å². The average molecular weight is 340 g/mol. The van der Waals surface area contributed by atoms with Gasteiger partial charge in [-0.3, -0.25) is 0 Å². The van der Waals surface area contributed by atoms with Crippen molar-refractivity contribution in [1.29, 1.82) is 0 Å². The molecule has 2 atom stereocenters. The molecule has 0 spiro atoms. The number of hydrogen-bond donors (Lipinski definition) is 1. The fourth-order valence-corrected chi connectivity index (χ4v) is 3.27. The molecule has 1 heterocycles. The number of ether oxygens (including phenoxy) is 1. The van der Waals surface area contributed by atoms with Crippen molar-refractivity contribution in [1.82, 2.24) is 5.32 Å². The molecule has 1 aromatic carbocycles. The lowest BCUT2D eigenvalue weighted by Crippen LogP contribution is -2.33. The summed E-state index contributed by atoms with van der Waals surface area (Å²) in [6, 6.07) is 6.83. The minimum Gasteiger partial charge on any atom is -0.490 e. The highest BCUT2D eigenvalue weighted by atomic mass is 79.9. The van der Waals surface area contributed by atoms with E-state index in [0.717, 1.165) is 23.2 Å². The van der Waals surface area contributed by atoms with Crippen molar-refractivity contribution in [3.05, 3.63) is 28.2 Å². The lowest BCUT2D eigenvalue weighted by atomic mass is 9.94. The second kappa shape index (κ2) is 8.04. The summed E-state index contributed by atoms with van der Waals surface area (Å²) >= 11 is 3.54. The molecule has 0 aromatic heterocycles. The maximum atomic E-state index is 6.20. The Morgan fingerprint density at radius 2 is 2.10 bits per heavy atom. The fourth-order valence-electron chi connectivity index (χ4n) is 2.93. The third-order valence-electron chi connectivity index (χ3n) is 3.97. The first-order valence-corrected chi connectivity index (χ1v) is 8.73. The molecule has 2 rings (SSSR count). The fraction of sp³-hybridized carbons (Fsp3) is 0.647. The van der Waals surface area contributed by atoms with Crippen LogP contribution in [0, 0.1) is 0 Å². The van der Waals surface area contributed by atoms with Gasteiger partial charge in [0.1, 0.15) is 11.9 Å². The highest BCUT2D eigenvalue weighted by Crippen LogP contribution is 2.37. The van der Waals surface area contributed by atoms with E-state index in [1.54, 1.807) is 0 Å². The first kappa shape index (κ1) is 15.8. The molecule has 0 radical (unpaired) electrons. The van der Waals surface area contributed by atoms with Gasteiger partial charge >= 0.3 is 0 Å². The van der Waals surface area contributed by atoms with Crippen molar-refractivity contribution in [3.63, 3.8) is 0 Å². The molecule has 0 fully saturated rings. The Bertz CT molecular complexity index is 421. The first-order valence-electron chi connectivity index (χ1n) is 7.94. The van der Waals surface area contributed by atoms with E-state index in [1.807, 2.05) is 0 Å². The van der Waals surface area contributed by atoms with Crippen LogP contribution in [0.1, 0.15) is 64.0 Å². The van der Waals surface area contributed by atoms with Gasteiger partial charge in [0.15, 0.2) is 0 Å². The van der Waals surface area contributed by atoms with Crippen molar-refractivity contribution >= 4 is 15.9 Å². The molecule has 0 aliphatic carbocycles. The van der Waals surface area contributed by atoms with Crippen molar-refractivity contribution < 1.29 is 4.74 Å². The van der Waals surface area contributed by atoms with Crippen molar-refractivity contribution in [3.8, 4) is 5.75 Å². The summed E-state index contributed by atoms with van der Waals surface area (Å²) in [6.45, 7) is 5.43. The number of hydrogen-bond acceptors (Lipinski definition) is 2. The Kier molecular flexibility index (Phi) is 6.37. The molecular formula is C17H26BrNO. The zero-order valence-electron chi connectivity index (χ0n) is 12.6. The molecule has 2 unspecified atom stereocenters. The lowest BCUT2D eigenvalue weighted by Gasteiger charge is -2.33. The largest absolute Gasteiger partial charge is 0.490 e. The number of benzene rings is 1. The minimum atomic E-state index is 0.359. The van der Waals surface area contributed by atoms with E-state index in [0.29, 0.717) is 12.1 Å². The minimum absolute atomic E-state index is 0.359. The predicted molar refractivity (Wildman–Crippen MR) is 88.4 cm³/mol. The Morgan fingerprint density at radius 3 is 2.85 bits per heavy atom. The van der Waals surface area contributed by atoms with Crippen LogP contribution < -0.4 is 10.1 Å². The van der Waals surface area contributed by atoms with Gasteiger partial charge in [-0.25, -0.2) is 0 Å². The number of rotatable bonds is 7. The molecule has 0 bridgehead atoms. The predicted octanol–water partition coefficient (Wildman–Crippen LogP) is 5.22. The number of halogens is 1. The van der Waals surface area contributed by atoms with Gasteiger partial charge in [0.25, 0.3) is 0 Å². The van der Waals surface area contributed by atoms with E-state index >= 15 is 0 Å². The van der Waals surface area contributed by atoms with Crippen LogP contribution in [0.3, 0.4) is 0 Å². The van der Waals surface area contributed by atoms with Gasteiger partial charge in [-0.1, -0.05) is 55.1 Å². The highest BCUT2D eigenvalue weighted by Gasteiger charge is 2.27. The van der Waals surface area contributed by atoms with Crippen LogP contribution in [-0.4, -0.2) is 12.6 Å². The van der Waals surface area contributed by atoms with E-state index in [-0.39, 0.29) is 0 Å². The first-order chi connectivity index (χ1) is 9.74. The third kappa shape index (κ3) is 4.23. The summed E-state index contributed by atoms with van der Waals surface area (Å²) in [5.74, 6) is 1.05. The number of fused-ring (bicyclic) bond motifs is 1. The Hall–Kier alpha value is -0.540. The van der Waals surface area contributed by atoms with Crippen LogP contribution >= 0.6 is 15.9 Å². The second-order valence-corrected chi connectivity index (χ2v) is 6.53. The van der Waals surface area contributed by atoms with E-state index in [4.69, 9.17) is 4.74 Å². The van der Waals surface area contributed by atoms with Crippen LogP contribution in [-0.2, 0) is 0 Å². The van der Waals surface area contributed by atoms with Crippen molar-refractivity contribution in [2.24, 2.45) is 0 Å². The second-order valence-electron chi connectivity index (χ2n) is 5.62. The lowest BCUT2D eigenvalue weighted by molar-refractivity contribution is 0.138. The summed E-state index contributed by atoms with van der Waals surface area (Å²) in [6.07, 6.45) is 7.86. The normalized spacial score (nSPS) is 21.4. The quantitative estimate of drug-likeness (QED) is 0.687. The van der Waals surface area contributed by atoms with Crippen LogP contribution in [0.4, 0.5) is 0 Å². The molecular weight excluding hydrogens is 314 g/mol. The summed E-state index contributed by atoms with van der Waals surface area (Å²) < 4.78 is 7.30. The Morgan fingerprint density at radius 1 is 1.25 bits per heavy atom. The summed E-state index contributed by atoms with van der Waals surface area (Å²) in [4.78, 5) is 0. The number of unbranched alkanes of at least 4 members (excludes halogenated alkanes) is 3. The van der Waals surface area contributed by atoms with Gasteiger partial charge in [-0.2, -0.15) is 0 Å². The van der Waals surface area contributed by atoms with Gasteiger partial charge in [0.2, 0.25) is 0 Å². The molecule has 0 saturated carbocycles. The standard InChI is InChI=1S/C17H26BrNO/c1-3-5-6-7-8-14-12-16(19-4-2)15-10-9-13(18)11-17(15)20-14/h9-11,14,16,19H,3-8,12H2,1-2H3. The zero-order valence-corrected chi connectivity index (χ0v) is 14.2. The van der Waals surface area contributed by atoms with Crippen LogP contribution in [0.2, 0.25) is 0 Å². The SMILES string of the molecule is CCCCCCC1CC(NCC)c2ccc(Br)cc2O1. The van der Waals surface area contributed by atoms with E-state index in [9.17, 15) is 0 Å². The molecule has 112 valence electrons. The smallest absolute Gasteiger partial charge is 0.125 e. The summed E-state index contributed by atoms with van der Waals surface area (Å²) in [5, 5.41) is 3.60. The number of nitrogens with one attached hydrogen (secondary N) is 1. The van der Waals surface area contributed by atoms with Crippen LogP contribution in [0.5, 0.6) is 5.75 Å².